The number of hydrogen-bond donors (Lipinski definition) is 2. The fourth-order valence-corrected chi connectivity index (χ4v) is 2.43. The van der Waals surface area contributed by atoms with Crippen LogP contribution in [0.25, 0.3) is 0 Å². The molecule has 0 saturated carbocycles. The third kappa shape index (κ3) is 15.3. The van der Waals surface area contributed by atoms with Crippen molar-refractivity contribution in [2.24, 2.45) is 5.73 Å². The standard InChI is InChI=1S/C22H40N2O7/c1-4-7-14-29-20(26)13-11-18(22(28)31-16-9-6-3)24-19(25)12-10-17(23)21(27)30-15-8-5-2/h17-18H,4-16,23H2,1-3H3,(H,24,25)/t17-,18+/m0/s1. The molecule has 0 radical (unpaired) electrons. The molecule has 0 saturated heterocycles. The van der Waals surface area contributed by atoms with Crippen molar-refractivity contribution in [1.29, 1.82) is 0 Å². The fraction of sp³-hybridized carbons (Fsp3) is 0.818. The number of hydrogen-bond acceptors (Lipinski definition) is 8. The van der Waals surface area contributed by atoms with Crippen molar-refractivity contribution in [1.82, 2.24) is 5.32 Å². The number of carbonyl (C=O) groups excluding carboxylic acids is 4. The molecule has 9 nitrogen and oxygen atoms in total. The lowest BCUT2D eigenvalue weighted by molar-refractivity contribution is -0.150. The number of unbranched alkanes of at least 4 members (excludes halogenated alkanes) is 3. The summed E-state index contributed by atoms with van der Waals surface area (Å²) < 4.78 is 15.3. The summed E-state index contributed by atoms with van der Waals surface area (Å²) in [6.45, 7) is 6.82. The number of esters is 3. The van der Waals surface area contributed by atoms with Gasteiger partial charge in [-0.3, -0.25) is 14.4 Å². The molecule has 0 unspecified atom stereocenters. The molecule has 0 aliphatic carbocycles. The van der Waals surface area contributed by atoms with E-state index in [1.165, 1.54) is 0 Å². The minimum absolute atomic E-state index is 0.0131. The van der Waals surface area contributed by atoms with Crippen molar-refractivity contribution < 1.29 is 33.4 Å². The maximum absolute atomic E-state index is 12.3. The van der Waals surface area contributed by atoms with Crippen LogP contribution in [0.5, 0.6) is 0 Å². The molecule has 2 atom stereocenters. The first-order valence-electron chi connectivity index (χ1n) is 11.4. The zero-order valence-electron chi connectivity index (χ0n) is 19.3. The number of amides is 1. The van der Waals surface area contributed by atoms with Crippen LogP contribution < -0.4 is 11.1 Å². The Hall–Kier alpha value is -2.16. The average molecular weight is 445 g/mol. The number of carbonyl (C=O) groups is 4. The second-order valence-corrected chi connectivity index (χ2v) is 7.42. The lowest BCUT2D eigenvalue weighted by atomic mass is 10.1. The fourth-order valence-electron chi connectivity index (χ4n) is 2.43. The lowest BCUT2D eigenvalue weighted by Crippen LogP contribution is -2.43. The van der Waals surface area contributed by atoms with E-state index in [-0.39, 0.29) is 32.3 Å². The molecular weight excluding hydrogens is 404 g/mol. The van der Waals surface area contributed by atoms with Gasteiger partial charge in [0, 0.05) is 12.8 Å². The van der Waals surface area contributed by atoms with E-state index in [9.17, 15) is 19.2 Å². The SMILES string of the molecule is CCCCOC(=O)CC[C@@H](NC(=O)CC[C@H](N)C(=O)OCCCC)C(=O)OCCCC. The Kier molecular flexibility index (Phi) is 17.3. The first-order valence-corrected chi connectivity index (χ1v) is 11.4. The molecule has 31 heavy (non-hydrogen) atoms. The van der Waals surface area contributed by atoms with E-state index in [2.05, 4.69) is 5.32 Å². The largest absolute Gasteiger partial charge is 0.466 e. The van der Waals surface area contributed by atoms with Gasteiger partial charge < -0.3 is 25.3 Å². The van der Waals surface area contributed by atoms with Gasteiger partial charge in [-0.1, -0.05) is 40.0 Å². The molecule has 0 heterocycles. The van der Waals surface area contributed by atoms with Crippen LogP contribution in [0.3, 0.4) is 0 Å². The predicted molar refractivity (Wildman–Crippen MR) is 116 cm³/mol. The summed E-state index contributed by atoms with van der Waals surface area (Å²) in [4.78, 5) is 48.2. The minimum atomic E-state index is -0.962. The Morgan fingerprint density at radius 1 is 0.742 bits per heavy atom. The summed E-state index contributed by atoms with van der Waals surface area (Å²) in [5, 5.41) is 2.58. The highest BCUT2D eigenvalue weighted by Gasteiger charge is 2.24. The molecule has 1 amide bonds. The van der Waals surface area contributed by atoms with E-state index < -0.39 is 35.9 Å². The van der Waals surface area contributed by atoms with E-state index >= 15 is 0 Å². The summed E-state index contributed by atoms with van der Waals surface area (Å²) in [5.74, 6) is -2.02. The van der Waals surface area contributed by atoms with Gasteiger partial charge in [-0.05, 0) is 32.1 Å². The van der Waals surface area contributed by atoms with Gasteiger partial charge in [-0.2, -0.15) is 0 Å². The Morgan fingerprint density at radius 2 is 1.26 bits per heavy atom. The monoisotopic (exact) mass is 444 g/mol. The zero-order chi connectivity index (χ0) is 23.5. The molecule has 0 aliphatic heterocycles. The molecule has 0 aromatic rings. The highest BCUT2D eigenvalue weighted by Crippen LogP contribution is 2.06. The van der Waals surface area contributed by atoms with Crippen molar-refractivity contribution in [3.05, 3.63) is 0 Å². The van der Waals surface area contributed by atoms with Crippen LogP contribution in [0.1, 0.15) is 85.0 Å². The first kappa shape index (κ1) is 28.8. The van der Waals surface area contributed by atoms with Gasteiger partial charge >= 0.3 is 17.9 Å². The van der Waals surface area contributed by atoms with E-state index in [0.29, 0.717) is 19.6 Å². The van der Waals surface area contributed by atoms with Crippen molar-refractivity contribution in [3.63, 3.8) is 0 Å². The number of nitrogens with two attached hydrogens (primary N) is 1. The van der Waals surface area contributed by atoms with Crippen molar-refractivity contribution >= 4 is 23.8 Å². The van der Waals surface area contributed by atoms with Crippen LogP contribution in [0, 0.1) is 0 Å². The van der Waals surface area contributed by atoms with E-state index in [0.717, 1.165) is 32.1 Å². The third-order valence-corrected chi connectivity index (χ3v) is 4.49. The molecule has 3 N–H and O–H groups in total. The van der Waals surface area contributed by atoms with Crippen LogP contribution in [0.2, 0.25) is 0 Å². The minimum Gasteiger partial charge on any atom is -0.466 e. The van der Waals surface area contributed by atoms with E-state index in [4.69, 9.17) is 19.9 Å². The Bertz CT molecular complexity index is 540. The van der Waals surface area contributed by atoms with Crippen molar-refractivity contribution in [2.75, 3.05) is 19.8 Å². The lowest BCUT2D eigenvalue weighted by Gasteiger charge is -2.18. The Morgan fingerprint density at radius 3 is 1.81 bits per heavy atom. The zero-order valence-corrected chi connectivity index (χ0v) is 19.3. The van der Waals surface area contributed by atoms with E-state index in [1.807, 2.05) is 20.8 Å². The van der Waals surface area contributed by atoms with Gasteiger partial charge in [0.2, 0.25) is 5.91 Å². The highest BCUT2D eigenvalue weighted by atomic mass is 16.5. The number of ether oxygens (including phenoxy) is 3. The molecule has 9 heteroatoms. The Balaban J connectivity index is 4.60. The van der Waals surface area contributed by atoms with Gasteiger partial charge in [0.05, 0.1) is 19.8 Å². The molecule has 0 aliphatic rings. The maximum atomic E-state index is 12.3. The smallest absolute Gasteiger partial charge is 0.328 e. The highest BCUT2D eigenvalue weighted by molar-refractivity contribution is 5.85. The summed E-state index contributed by atoms with van der Waals surface area (Å²) in [6.07, 6.45) is 5.00. The van der Waals surface area contributed by atoms with Crippen molar-refractivity contribution in [2.45, 2.75) is 97.1 Å². The summed E-state index contributed by atoms with van der Waals surface area (Å²) in [5.41, 5.74) is 5.77. The van der Waals surface area contributed by atoms with Gasteiger partial charge in [-0.15, -0.1) is 0 Å². The molecular formula is C22H40N2O7. The molecule has 0 bridgehead atoms. The predicted octanol–water partition coefficient (Wildman–Crippen LogP) is 2.39. The van der Waals surface area contributed by atoms with Gasteiger partial charge in [-0.25, -0.2) is 4.79 Å². The van der Waals surface area contributed by atoms with Crippen LogP contribution >= 0.6 is 0 Å². The van der Waals surface area contributed by atoms with Crippen molar-refractivity contribution in [3.8, 4) is 0 Å². The topological polar surface area (TPSA) is 134 Å². The second kappa shape index (κ2) is 18.6. The first-order chi connectivity index (χ1) is 14.8. The van der Waals surface area contributed by atoms with Crippen LogP contribution in [0.15, 0.2) is 0 Å². The molecule has 180 valence electrons. The van der Waals surface area contributed by atoms with E-state index in [1.54, 1.807) is 0 Å². The quantitative estimate of drug-likeness (QED) is 0.187. The maximum Gasteiger partial charge on any atom is 0.328 e. The Labute approximate surface area is 185 Å². The van der Waals surface area contributed by atoms with Gasteiger partial charge in [0.15, 0.2) is 0 Å². The molecule has 0 spiro atoms. The number of rotatable bonds is 18. The molecule has 0 aromatic carbocycles. The second-order valence-electron chi connectivity index (χ2n) is 7.42. The van der Waals surface area contributed by atoms with Gasteiger partial charge in [0.25, 0.3) is 0 Å². The van der Waals surface area contributed by atoms with Crippen LogP contribution in [0.4, 0.5) is 0 Å². The molecule has 0 aromatic heterocycles. The average Bonchev–Trinajstić information content (AvgIpc) is 2.75. The molecule has 0 fully saturated rings. The molecule has 0 rings (SSSR count). The summed E-state index contributed by atoms with van der Waals surface area (Å²) in [7, 11) is 0. The summed E-state index contributed by atoms with van der Waals surface area (Å²) in [6, 6.07) is -1.87. The van der Waals surface area contributed by atoms with Gasteiger partial charge in [0.1, 0.15) is 12.1 Å². The van der Waals surface area contributed by atoms with Crippen LogP contribution in [-0.2, 0) is 33.4 Å². The van der Waals surface area contributed by atoms with Crippen LogP contribution in [-0.4, -0.2) is 55.7 Å². The normalized spacial score (nSPS) is 12.5. The third-order valence-electron chi connectivity index (χ3n) is 4.49. The number of nitrogens with one attached hydrogen (secondary N) is 1. The summed E-state index contributed by atoms with van der Waals surface area (Å²) >= 11 is 0.